The van der Waals surface area contributed by atoms with Crippen molar-refractivity contribution in [3.05, 3.63) is 29.8 Å². The Morgan fingerprint density at radius 2 is 2.00 bits per heavy atom. The van der Waals surface area contributed by atoms with E-state index in [-0.39, 0.29) is 23.4 Å². The maximum atomic E-state index is 12.9. The zero-order valence-electron chi connectivity index (χ0n) is 9.89. The summed E-state index contributed by atoms with van der Waals surface area (Å²) in [7, 11) is 0. The minimum Gasteiger partial charge on any atom is -0.330 e. The largest absolute Gasteiger partial charge is 0.330 e. The molecule has 1 aromatic rings. The minimum absolute atomic E-state index is 0.225. The van der Waals surface area contributed by atoms with Crippen molar-refractivity contribution in [2.45, 2.75) is 20.3 Å². The summed E-state index contributed by atoms with van der Waals surface area (Å²) in [6.45, 7) is 4.09. The molecule has 0 heterocycles. The highest BCUT2D eigenvalue weighted by atomic mass is 19.2. The molecule has 0 aliphatic rings. The van der Waals surface area contributed by atoms with Gasteiger partial charge in [0.1, 0.15) is 0 Å². The molecule has 0 atom stereocenters. The van der Waals surface area contributed by atoms with E-state index in [4.69, 9.17) is 5.73 Å². The van der Waals surface area contributed by atoms with Crippen molar-refractivity contribution in [3.63, 3.8) is 0 Å². The second-order valence-corrected chi connectivity index (χ2v) is 4.72. The van der Waals surface area contributed by atoms with Gasteiger partial charge in [0.05, 0.1) is 0 Å². The molecule has 17 heavy (non-hydrogen) atoms. The van der Waals surface area contributed by atoms with Crippen molar-refractivity contribution in [2.24, 2.45) is 11.1 Å². The molecule has 0 saturated carbocycles. The zero-order valence-corrected chi connectivity index (χ0v) is 9.89. The lowest BCUT2D eigenvalue weighted by Gasteiger charge is -2.21. The quantitative estimate of drug-likeness (QED) is 0.851. The second-order valence-electron chi connectivity index (χ2n) is 4.72. The first-order valence-corrected chi connectivity index (χ1v) is 5.29. The fraction of sp³-hybridized carbons (Fsp3) is 0.417. The Labute approximate surface area is 99.0 Å². The molecule has 3 N–H and O–H groups in total. The molecule has 0 fully saturated rings. The van der Waals surface area contributed by atoms with Crippen molar-refractivity contribution in [1.29, 1.82) is 0 Å². The fourth-order valence-electron chi connectivity index (χ4n) is 1.29. The number of benzene rings is 1. The van der Waals surface area contributed by atoms with E-state index >= 15 is 0 Å². The molecule has 0 aromatic heterocycles. The van der Waals surface area contributed by atoms with Gasteiger partial charge in [-0.1, -0.05) is 13.8 Å². The number of nitrogens with one attached hydrogen (secondary N) is 1. The van der Waals surface area contributed by atoms with Crippen LogP contribution >= 0.6 is 0 Å². The number of nitrogens with two attached hydrogens (primary N) is 1. The lowest BCUT2D eigenvalue weighted by Crippen LogP contribution is -2.29. The van der Waals surface area contributed by atoms with Gasteiger partial charge in [0.2, 0.25) is 5.91 Å². The highest BCUT2D eigenvalue weighted by molar-refractivity contribution is 5.91. The van der Waals surface area contributed by atoms with E-state index in [2.05, 4.69) is 5.32 Å². The molecule has 94 valence electrons. The average molecular weight is 242 g/mol. The summed E-state index contributed by atoms with van der Waals surface area (Å²) in [5.74, 6) is -2.20. The normalized spacial score (nSPS) is 11.4. The highest BCUT2D eigenvalue weighted by Gasteiger charge is 2.20. The Morgan fingerprint density at radius 1 is 1.35 bits per heavy atom. The van der Waals surface area contributed by atoms with Crippen LogP contribution in [0, 0.1) is 17.0 Å². The van der Waals surface area contributed by atoms with Gasteiger partial charge >= 0.3 is 0 Å². The molecule has 3 nitrogen and oxygen atoms in total. The summed E-state index contributed by atoms with van der Waals surface area (Å²) in [5.41, 5.74) is 5.42. The topological polar surface area (TPSA) is 55.1 Å². The molecule has 0 radical (unpaired) electrons. The van der Waals surface area contributed by atoms with E-state index in [9.17, 15) is 13.6 Å². The Kier molecular flexibility index (Phi) is 4.17. The molecule has 1 amide bonds. The standard InChI is InChI=1S/C12H16F2N2O/c1-12(2,7-15)6-11(17)16-8-3-4-9(13)10(14)5-8/h3-5H,6-7,15H2,1-2H3,(H,16,17). The van der Waals surface area contributed by atoms with Gasteiger partial charge in [-0.3, -0.25) is 4.79 Å². The van der Waals surface area contributed by atoms with Crippen LogP contribution in [0.25, 0.3) is 0 Å². The number of rotatable bonds is 4. The van der Waals surface area contributed by atoms with Crippen LogP contribution in [0.4, 0.5) is 14.5 Å². The molecule has 1 aromatic carbocycles. The van der Waals surface area contributed by atoms with Crippen molar-refractivity contribution >= 4 is 11.6 Å². The molecule has 1 rings (SSSR count). The third-order valence-corrected chi connectivity index (χ3v) is 2.40. The molecule has 0 spiro atoms. The highest BCUT2D eigenvalue weighted by Crippen LogP contribution is 2.20. The fourth-order valence-corrected chi connectivity index (χ4v) is 1.29. The van der Waals surface area contributed by atoms with Crippen LogP contribution in [-0.2, 0) is 4.79 Å². The van der Waals surface area contributed by atoms with Gasteiger partial charge in [0, 0.05) is 18.2 Å². The number of amides is 1. The predicted octanol–water partition coefficient (Wildman–Crippen LogP) is 2.28. The van der Waals surface area contributed by atoms with Crippen molar-refractivity contribution in [3.8, 4) is 0 Å². The van der Waals surface area contributed by atoms with Crippen LogP contribution in [0.2, 0.25) is 0 Å². The first kappa shape index (κ1) is 13.6. The third kappa shape index (κ3) is 4.11. The second kappa shape index (κ2) is 5.23. The van der Waals surface area contributed by atoms with E-state index < -0.39 is 11.6 Å². The van der Waals surface area contributed by atoms with Gasteiger partial charge in [0.25, 0.3) is 0 Å². The first-order valence-electron chi connectivity index (χ1n) is 5.29. The van der Waals surface area contributed by atoms with Crippen LogP contribution in [0.5, 0.6) is 0 Å². The number of carbonyl (C=O) groups is 1. The Morgan fingerprint density at radius 3 is 2.53 bits per heavy atom. The van der Waals surface area contributed by atoms with Gasteiger partial charge in [0.15, 0.2) is 11.6 Å². The van der Waals surface area contributed by atoms with Crippen LogP contribution in [-0.4, -0.2) is 12.5 Å². The van der Waals surface area contributed by atoms with E-state index in [0.29, 0.717) is 6.54 Å². The van der Waals surface area contributed by atoms with Crippen LogP contribution in [0.15, 0.2) is 18.2 Å². The van der Waals surface area contributed by atoms with E-state index in [1.54, 1.807) is 0 Å². The maximum Gasteiger partial charge on any atom is 0.224 e. The minimum atomic E-state index is -0.985. The Bertz CT molecular complexity index is 419. The molecular weight excluding hydrogens is 226 g/mol. The van der Waals surface area contributed by atoms with E-state index in [1.165, 1.54) is 6.07 Å². The average Bonchev–Trinajstić information content (AvgIpc) is 2.23. The maximum absolute atomic E-state index is 12.9. The predicted molar refractivity (Wildman–Crippen MR) is 62.4 cm³/mol. The number of carbonyl (C=O) groups excluding carboxylic acids is 1. The molecule has 0 aliphatic heterocycles. The lowest BCUT2D eigenvalue weighted by molar-refractivity contribution is -0.117. The van der Waals surface area contributed by atoms with Gasteiger partial charge in [-0.25, -0.2) is 8.78 Å². The summed E-state index contributed by atoms with van der Waals surface area (Å²) in [6, 6.07) is 3.23. The van der Waals surface area contributed by atoms with Crippen LogP contribution in [0.1, 0.15) is 20.3 Å². The van der Waals surface area contributed by atoms with Gasteiger partial charge in [-0.15, -0.1) is 0 Å². The summed E-state index contributed by atoms with van der Waals surface area (Å²) in [6.07, 6.45) is 0.225. The monoisotopic (exact) mass is 242 g/mol. The summed E-state index contributed by atoms with van der Waals surface area (Å²) < 4.78 is 25.5. The lowest BCUT2D eigenvalue weighted by atomic mass is 9.89. The zero-order chi connectivity index (χ0) is 13.1. The van der Waals surface area contributed by atoms with Crippen molar-refractivity contribution < 1.29 is 13.6 Å². The summed E-state index contributed by atoms with van der Waals surface area (Å²) in [5, 5.41) is 2.50. The van der Waals surface area contributed by atoms with Crippen LogP contribution in [0.3, 0.4) is 0 Å². The molecule has 0 bridgehead atoms. The number of hydrogen-bond acceptors (Lipinski definition) is 2. The Balaban J connectivity index is 2.65. The van der Waals surface area contributed by atoms with Gasteiger partial charge in [-0.2, -0.15) is 0 Å². The first-order chi connectivity index (χ1) is 7.84. The van der Waals surface area contributed by atoms with Gasteiger partial charge < -0.3 is 11.1 Å². The van der Waals surface area contributed by atoms with E-state index in [1.807, 2.05) is 13.8 Å². The number of hydrogen-bond donors (Lipinski definition) is 2. The molecule has 0 saturated heterocycles. The smallest absolute Gasteiger partial charge is 0.224 e. The SMILES string of the molecule is CC(C)(CN)CC(=O)Nc1ccc(F)c(F)c1. The summed E-state index contributed by atoms with van der Waals surface area (Å²) >= 11 is 0. The number of anilines is 1. The third-order valence-electron chi connectivity index (χ3n) is 2.40. The van der Waals surface area contributed by atoms with Crippen molar-refractivity contribution in [2.75, 3.05) is 11.9 Å². The molecule has 5 heteroatoms. The van der Waals surface area contributed by atoms with E-state index in [0.717, 1.165) is 12.1 Å². The molecule has 0 aliphatic carbocycles. The molecule has 0 unspecified atom stereocenters. The molecular formula is C12H16F2N2O. The van der Waals surface area contributed by atoms with Gasteiger partial charge in [-0.05, 0) is 24.1 Å². The number of halogens is 2. The Hall–Kier alpha value is -1.49. The summed E-state index contributed by atoms with van der Waals surface area (Å²) in [4.78, 5) is 11.6. The van der Waals surface area contributed by atoms with Crippen LogP contribution < -0.4 is 11.1 Å². The van der Waals surface area contributed by atoms with Crippen molar-refractivity contribution in [1.82, 2.24) is 0 Å².